The van der Waals surface area contributed by atoms with E-state index in [9.17, 15) is 4.79 Å². The van der Waals surface area contributed by atoms with Gasteiger partial charge in [-0.05, 0) is 33.4 Å². The number of carbonyl (C=O) groups excluding carboxylic acids is 1. The van der Waals surface area contributed by atoms with Crippen molar-refractivity contribution in [1.29, 1.82) is 0 Å². The first-order valence-corrected chi connectivity index (χ1v) is 6.07. The molecular weight excluding hydrogens is 216 g/mol. The Bertz CT molecular complexity index is 422. The quantitative estimate of drug-likeness (QED) is 0.812. The Morgan fingerprint density at radius 2 is 2.24 bits per heavy atom. The summed E-state index contributed by atoms with van der Waals surface area (Å²) in [5.41, 5.74) is 3.00. The molecule has 1 aromatic heterocycles. The minimum atomic E-state index is -0.0365. The van der Waals surface area contributed by atoms with E-state index in [0.717, 1.165) is 31.4 Å². The minimum Gasteiger partial charge on any atom is -0.349 e. The maximum absolute atomic E-state index is 12.0. The van der Waals surface area contributed by atoms with Crippen LogP contribution in [0.3, 0.4) is 0 Å². The smallest absolute Gasteiger partial charge is 0.272 e. The Balaban J connectivity index is 2.02. The highest BCUT2D eigenvalue weighted by Crippen LogP contribution is 2.24. The molecule has 0 fully saturated rings. The summed E-state index contributed by atoms with van der Waals surface area (Å²) in [4.78, 5) is 14.0. The van der Waals surface area contributed by atoms with Crippen LogP contribution in [0, 0.1) is 0 Å². The number of aromatic nitrogens is 2. The van der Waals surface area contributed by atoms with Gasteiger partial charge in [-0.2, -0.15) is 5.10 Å². The number of carbonyl (C=O) groups is 1. The van der Waals surface area contributed by atoms with Crippen molar-refractivity contribution in [2.45, 2.75) is 19.3 Å². The molecule has 0 aromatic carbocycles. The largest absolute Gasteiger partial charge is 0.349 e. The number of likely N-dealkylation sites (N-methyl/N-ethyl adjacent to an activating group) is 1. The Morgan fingerprint density at radius 3 is 2.94 bits per heavy atom. The Labute approximate surface area is 102 Å². The molecule has 0 spiro atoms. The summed E-state index contributed by atoms with van der Waals surface area (Å²) in [6, 6.07) is 0. The lowest BCUT2D eigenvalue weighted by Gasteiger charge is -2.09. The van der Waals surface area contributed by atoms with Gasteiger partial charge in [0.2, 0.25) is 0 Å². The molecule has 1 aromatic rings. The lowest BCUT2D eigenvalue weighted by atomic mass is 10.2. The second kappa shape index (κ2) is 4.87. The van der Waals surface area contributed by atoms with Gasteiger partial charge in [-0.1, -0.05) is 0 Å². The highest BCUT2D eigenvalue weighted by Gasteiger charge is 2.24. The number of nitrogens with zero attached hydrogens (tertiary/aromatic N) is 3. The topological polar surface area (TPSA) is 50.2 Å². The molecule has 5 nitrogen and oxygen atoms in total. The SMILES string of the molecule is CN(C)CCNC(=O)c1nn(C)c2c1CCC2. The molecule has 0 saturated carbocycles. The third-order valence-electron chi connectivity index (χ3n) is 3.17. The van der Waals surface area contributed by atoms with Gasteiger partial charge in [-0.25, -0.2) is 0 Å². The predicted octanol–water partition coefficient (Wildman–Crippen LogP) is 0.200. The van der Waals surface area contributed by atoms with Gasteiger partial charge in [0, 0.05) is 31.4 Å². The standard InChI is InChI=1S/C12H20N4O/c1-15(2)8-7-13-12(17)11-9-5-4-6-10(9)16(3)14-11/h4-8H2,1-3H3,(H,13,17). The average Bonchev–Trinajstić information content (AvgIpc) is 2.82. The molecule has 0 unspecified atom stereocenters. The van der Waals surface area contributed by atoms with Crippen LogP contribution in [0.15, 0.2) is 0 Å². The van der Waals surface area contributed by atoms with Gasteiger partial charge in [0.05, 0.1) is 0 Å². The molecule has 17 heavy (non-hydrogen) atoms. The Morgan fingerprint density at radius 1 is 1.47 bits per heavy atom. The summed E-state index contributed by atoms with van der Waals surface area (Å²) in [7, 11) is 5.90. The molecule has 1 heterocycles. The third-order valence-corrected chi connectivity index (χ3v) is 3.17. The molecule has 2 rings (SSSR count). The van der Waals surface area contributed by atoms with Crippen LogP contribution in [0.4, 0.5) is 0 Å². The maximum Gasteiger partial charge on any atom is 0.272 e. The number of hydrogen-bond donors (Lipinski definition) is 1. The normalized spacial score (nSPS) is 14.1. The van der Waals surface area contributed by atoms with Gasteiger partial charge in [-0.15, -0.1) is 0 Å². The molecular formula is C12H20N4O. The molecule has 5 heteroatoms. The molecule has 0 saturated heterocycles. The summed E-state index contributed by atoms with van der Waals surface area (Å²) < 4.78 is 1.85. The number of rotatable bonds is 4. The van der Waals surface area contributed by atoms with Gasteiger partial charge >= 0.3 is 0 Å². The molecule has 0 radical (unpaired) electrons. The van der Waals surface area contributed by atoms with Crippen molar-refractivity contribution in [2.24, 2.45) is 7.05 Å². The summed E-state index contributed by atoms with van der Waals surface area (Å²) >= 11 is 0. The van der Waals surface area contributed by atoms with E-state index in [4.69, 9.17) is 0 Å². The van der Waals surface area contributed by atoms with Gasteiger partial charge in [0.25, 0.3) is 5.91 Å². The predicted molar refractivity (Wildman–Crippen MR) is 66.1 cm³/mol. The molecule has 94 valence electrons. The summed E-state index contributed by atoms with van der Waals surface area (Å²) in [6.45, 7) is 1.51. The first-order valence-electron chi connectivity index (χ1n) is 6.07. The zero-order chi connectivity index (χ0) is 12.4. The summed E-state index contributed by atoms with van der Waals surface area (Å²) in [6.07, 6.45) is 3.17. The monoisotopic (exact) mass is 236 g/mol. The Hall–Kier alpha value is -1.36. The minimum absolute atomic E-state index is 0.0365. The molecule has 0 bridgehead atoms. The van der Waals surface area contributed by atoms with Gasteiger partial charge in [0.1, 0.15) is 0 Å². The maximum atomic E-state index is 12.0. The molecule has 0 atom stereocenters. The van der Waals surface area contributed by atoms with Crippen molar-refractivity contribution >= 4 is 5.91 Å². The number of fused-ring (bicyclic) bond motifs is 1. The molecule has 1 amide bonds. The average molecular weight is 236 g/mol. The lowest BCUT2D eigenvalue weighted by molar-refractivity contribution is 0.0944. The van der Waals surface area contributed by atoms with Crippen molar-refractivity contribution in [1.82, 2.24) is 20.0 Å². The molecule has 0 aliphatic heterocycles. The van der Waals surface area contributed by atoms with Gasteiger partial charge in [0.15, 0.2) is 5.69 Å². The van der Waals surface area contributed by atoms with E-state index in [-0.39, 0.29) is 5.91 Å². The number of nitrogens with one attached hydrogen (secondary N) is 1. The lowest BCUT2D eigenvalue weighted by Crippen LogP contribution is -2.32. The first-order chi connectivity index (χ1) is 8.09. The van der Waals surface area contributed by atoms with Crippen LogP contribution in [-0.4, -0.2) is 47.8 Å². The van der Waals surface area contributed by atoms with E-state index in [0.29, 0.717) is 12.2 Å². The second-order valence-corrected chi connectivity index (χ2v) is 4.81. The van der Waals surface area contributed by atoms with Gasteiger partial charge < -0.3 is 10.2 Å². The van der Waals surface area contributed by atoms with E-state index in [1.54, 1.807) is 0 Å². The highest BCUT2D eigenvalue weighted by atomic mass is 16.1. The summed E-state index contributed by atoms with van der Waals surface area (Å²) in [5.74, 6) is -0.0365. The van der Waals surface area contributed by atoms with Crippen molar-refractivity contribution in [3.8, 4) is 0 Å². The van der Waals surface area contributed by atoms with Crippen LogP contribution in [0.1, 0.15) is 28.2 Å². The fourth-order valence-electron chi connectivity index (χ4n) is 2.27. The fourth-order valence-corrected chi connectivity index (χ4v) is 2.27. The number of amides is 1. The Kier molecular flexibility index (Phi) is 3.47. The number of aryl methyl sites for hydroxylation is 1. The van der Waals surface area contributed by atoms with Crippen LogP contribution in [0.25, 0.3) is 0 Å². The summed E-state index contributed by atoms with van der Waals surface area (Å²) in [5, 5.41) is 7.24. The number of hydrogen-bond acceptors (Lipinski definition) is 3. The van der Waals surface area contributed by atoms with Crippen molar-refractivity contribution in [3.63, 3.8) is 0 Å². The van der Waals surface area contributed by atoms with E-state index < -0.39 is 0 Å². The fraction of sp³-hybridized carbons (Fsp3) is 0.667. The van der Waals surface area contributed by atoms with Crippen molar-refractivity contribution in [3.05, 3.63) is 17.0 Å². The zero-order valence-corrected chi connectivity index (χ0v) is 10.8. The van der Waals surface area contributed by atoms with Crippen LogP contribution in [0.5, 0.6) is 0 Å². The first kappa shape index (κ1) is 12.1. The van der Waals surface area contributed by atoms with Gasteiger partial charge in [-0.3, -0.25) is 9.48 Å². The highest BCUT2D eigenvalue weighted by molar-refractivity contribution is 5.94. The van der Waals surface area contributed by atoms with Crippen LogP contribution in [-0.2, 0) is 19.9 Å². The van der Waals surface area contributed by atoms with E-state index in [2.05, 4.69) is 10.4 Å². The van der Waals surface area contributed by atoms with E-state index in [1.807, 2.05) is 30.7 Å². The second-order valence-electron chi connectivity index (χ2n) is 4.81. The molecule has 1 N–H and O–H groups in total. The molecule has 1 aliphatic rings. The van der Waals surface area contributed by atoms with Crippen LogP contribution >= 0.6 is 0 Å². The van der Waals surface area contributed by atoms with Crippen LogP contribution in [0.2, 0.25) is 0 Å². The molecule has 1 aliphatic carbocycles. The van der Waals surface area contributed by atoms with Crippen molar-refractivity contribution in [2.75, 3.05) is 27.2 Å². The zero-order valence-electron chi connectivity index (χ0n) is 10.8. The third kappa shape index (κ3) is 2.49. The van der Waals surface area contributed by atoms with Crippen LogP contribution < -0.4 is 5.32 Å². The van der Waals surface area contributed by atoms with E-state index in [1.165, 1.54) is 5.69 Å². The van der Waals surface area contributed by atoms with Crippen molar-refractivity contribution < 1.29 is 4.79 Å². The van der Waals surface area contributed by atoms with E-state index >= 15 is 0 Å².